The molecule has 3 aromatic carbocycles. The Bertz CT molecular complexity index is 1490. The average molecular weight is 599 g/mol. The van der Waals surface area contributed by atoms with Gasteiger partial charge in [0.15, 0.2) is 11.5 Å². The third kappa shape index (κ3) is 7.15. The van der Waals surface area contributed by atoms with Crippen molar-refractivity contribution in [3.8, 4) is 17.2 Å². The Kier molecular flexibility index (Phi) is 8.70. The van der Waals surface area contributed by atoms with Crippen LogP contribution in [0, 0.1) is 23.4 Å². The van der Waals surface area contributed by atoms with E-state index in [0.717, 1.165) is 12.1 Å². The largest absolute Gasteiger partial charge is 0.493 e. The number of carbonyl (C=O) groups excluding carboxylic acids is 2. The summed E-state index contributed by atoms with van der Waals surface area (Å²) in [4.78, 5) is 27.5. The van der Waals surface area contributed by atoms with Crippen molar-refractivity contribution in [2.24, 2.45) is 5.92 Å². The lowest BCUT2D eigenvalue weighted by molar-refractivity contribution is 0.0111. The molecule has 0 bridgehead atoms. The molecule has 3 aromatic rings. The van der Waals surface area contributed by atoms with Crippen LogP contribution in [0.4, 0.5) is 18.0 Å². The molecule has 1 saturated heterocycles. The minimum absolute atomic E-state index is 0.129. The zero-order valence-corrected chi connectivity index (χ0v) is 24.1. The summed E-state index contributed by atoms with van der Waals surface area (Å²) in [5, 5.41) is 2.41. The minimum atomic E-state index is -0.809. The summed E-state index contributed by atoms with van der Waals surface area (Å²) in [7, 11) is 0. The lowest BCUT2D eigenvalue weighted by Gasteiger charge is -2.39. The zero-order valence-electron chi connectivity index (χ0n) is 24.1. The lowest BCUT2D eigenvalue weighted by Crippen LogP contribution is -2.46. The second-order valence-electron chi connectivity index (χ2n) is 11.5. The van der Waals surface area contributed by atoms with Crippen LogP contribution in [0.1, 0.15) is 54.6 Å². The van der Waals surface area contributed by atoms with E-state index in [1.165, 1.54) is 18.2 Å². The monoisotopic (exact) mass is 598 g/mol. The van der Waals surface area contributed by atoms with Crippen LogP contribution < -0.4 is 19.5 Å². The molecular formula is C32H33F3N2O6. The van der Waals surface area contributed by atoms with Gasteiger partial charge in [0.1, 0.15) is 28.8 Å². The first-order chi connectivity index (χ1) is 20.5. The summed E-state index contributed by atoms with van der Waals surface area (Å²) < 4.78 is 65.4. The summed E-state index contributed by atoms with van der Waals surface area (Å²) in [6.45, 7) is 5.96. The SMILES string of the molecule is CC(C)(C)OC(=O)N1CC[C@@H](c2ccc(F)c(C(=O)NCc3c(F)cccc3F)c2)[C@@H](COc2ccc3c(c2)OCO3)C1. The highest BCUT2D eigenvalue weighted by Gasteiger charge is 2.35. The van der Waals surface area contributed by atoms with Gasteiger partial charge in [-0.3, -0.25) is 4.79 Å². The average Bonchev–Trinajstić information content (AvgIpc) is 3.43. The molecule has 0 aromatic heterocycles. The fourth-order valence-electron chi connectivity index (χ4n) is 5.21. The molecule has 8 nitrogen and oxygen atoms in total. The summed E-state index contributed by atoms with van der Waals surface area (Å²) in [5.41, 5.74) is -0.564. The van der Waals surface area contributed by atoms with Crippen LogP contribution in [-0.2, 0) is 11.3 Å². The van der Waals surface area contributed by atoms with E-state index in [2.05, 4.69) is 5.32 Å². The number of hydrogen-bond acceptors (Lipinski definition) is 6. The molecular weight excluding hydrogens is 565 g/mol. The van der Waals surface area contributed by atoms with Crippen LogP contribution in [0.25, 0.3) is 0 Å². The van der Waals surface area contributed by atoms with E-state index in [0.29, 0.717) is 42.3 Å². The Balaban J connectivity index is 1.35. The third-order valence-corrected chi connectivity index (χ3v) is 7.34. The molecule has 2 heterocycles. The number of nitrogens with zero attached hydrogens (tertiary/aromatic N) is 1. The molecule has 2 aliphatic rings. The molecule has 2 amide bonds. The van der Waals surface area contributed by atoms with Crippen molar-refractivity contribution in [1.29, 1.82) is 0 Å². The predicted octanol–water partition coefficient (Wildman–Crippen LogP) is 6.18. The van der Waals surface area contributed by atoms with Crippen molar-refractivity contribution < 1.29 is 41.7 Å². The first-order valence-electron chi connectivity index (χ1n) is 14.0. The molecule has 0 spiro atoms. The first-order valence-corrected chi connectivity index (χ1v) is 14.0. The van der Waals surface area contributed by atoms with E-state index in [1.54, 1.807) is 49.9 Å². The Labute approximate surface area is 247 Å². The van der Waals surface area contributed by atoms with Crippen molar-refractivity contribution >= 4 is 12.0 Å². The van der Waals surface area contributed by atoms with Crippen LogP contribution in [0.15, 0.2) is 54.6 Å². The fourth-order valence-corrected chi connectivity index (χ4v) is 5.21. The summed E-state index contributed by atoms with van der Waals surface area (Å²) in [6, 6.07) is 12.9. The Morgan fingerprint density at radius 1 is 0.977 bits per heavy atom. The van der Waals surface area contributed by atoms with Crippen molar-refractivity contribution in [2.45, 2.75) is 45.3 Å². The van der Waals surface area contributed by atoms with Crippen LogP contribution in [0.5, 0.6) is 17.2 Å². The van der Waals surface area contributed by atoms with Gasteiger partial charge >= 0.3 is 6.09 Å². The molecule has 1 N–H and O–H groups in total. The van der Waals surface area contributed by atoms with Crippen molar-refractivity contribution in [3.05, 3.63) is 88.7 Å². The Morgan fingerprint density at radius 3 is 2.47 bits per heavy atom. The van der Waals surface area contributed by atoms with Crippen LogP contribution in [-0.4, -0.2) is 49.0 Å². The highest BCUT2D eigenvalue weighted by molar-refractivity contribution is 5.94. The predicted molar refractivity (Wildman–Crippen MR) is 151 cm³/mol. The van der Waals surface area contributed by atoms with Gasteiger partial charge in [0.05, 0.1) is 12.2 Å². The number of fused-ring (bicyclic) bond motifs is 1. The Hall–Kier alpha value is -4.41. The fraction of sp³-hybridized carbons (Fsp3) is 0.375. The molecule has 0 radical (unpaired) electrons. The number of likely N-dealkylation sites (tertiary alicyclic amines) is 1. The number of benzene rings is 3. The molecule has 0 saturated carbocycles. The molecule has 11 heteroatoms. The molecule has 43 heavy (non-hydrogen) atoms. The van der Waals surface area contributed by atoms with Gasteiger partial charge in [0.25, 0.3) is 5.91 Å². The van der Waals surface area contributed by atoms with Gasteiger partial charge in [-0.25, -0.2) is 18.0 Å². The molecule has 2 aliphatic heterocycles. The molecule has 0 unspecified atom stereocenters. The van der Waals surface area contributed by atoms with E-state index in [1.807, 2.05) is 0 Å². The van der Waals surface area contributed by atoms with Gasteiger partial charge in [0, 0.05) is 37.2 Å². The normalized spacial score (nSPS) is 17.9. The third-order valence-electron chi connectivity index (χ3n) is 7.34. The minimum Gasteiger partial charge on any atom is -0.493 e. The quantitative estimate of drug-likeness (QED) is 0.350. The zero-order chi connectivity index (χ0) is 30.7. The highest BCUT2D eigenvalue weighted by atomic mass is 19.1. The van der Waals surface area contributed by atoms with Crippen molar-refractivity contribution in [1.82, 2.24) is 10.2 Å². The van der Waals surface area contributed by atoms with Crippen LogP contribution in [0.3, 0.4) is 0 Å². The van der Waals surface area contributed by atoms with Crippen LogP contribution in [0.2, 0.25) is 0 Å². The molecule has 2 atom stereocenters. The molecule has 0 aliphatic carbocycles. The van der Waals surface area contributed by atoms with Crippen LogP contribution >= 0.6 is 0 Å². The summed E-state index contributed by atoms with van der Waals surface area (Å²) >= 11 is 0. The highest BCUT2D eigenvalue weighted by Crippen LogP contribution is 2.38. The number of nitrogens with one attached hydrogen (secondary N) is 1. The van der Waals surface area contributed by atoms with Crippen molar-refractivity contribution in [3.63, 3.8) is 0 Å². The number of piperidine rings is 1. The van der Waals surface area contributed by atoms with E-state index >= 15 is 0 Å². The second-order valence-corrected chi connectivity index (χ2v) is 11.5. The number of carbonyl (C=O) groups is 2. The van der Waals surface area contributed by atoms with Gasteiger partial charge in [-0.1, -0.05) is 12.1 Å². The number of hydrogen-bond donors (Lipinski definition) is 1. The summed E-state index contributed by atoms with van der Waals surface area (Å²) in [5.74, 6) is -1.91. The smallest absolute Gasteiger partial charge is 0.410 e. The van der Waals surface area contributed by atoms with Gasteiger partial charge < -0.3 is 29.2 Å². The van der Waals surface area contributed by atoms with Gasteiger partial charge in [0.2, 0.25) is 6.79 Å². The maximum Gasteiger partial charge on any atom is 0.410 e. The van der Waals surface area contributed by atoms with E-state index in [9.17, 15) is 22.8 Å². The Morgan fingerprint density at radius 2 is 1.72 bits per heavy atom. The number of amides is 2. The second kappa shape index (κ2) is 12.4. The van der Waals surface area contributed by atoms with Gasteiger partial charge in [-0.05, 0) is 75.1 Å². The molecule has 5 rings (SSSR count). The van der Waals surface area contributed by atoms with E-state index < -0.39 is 41.6 Å². The maximum atomic E-state index is 14.8. The van der Waals surface area contributed by atoms with E-state index in [4.69, 9.17) is 18.9 Å². The lowest BCUT2D eigenvalue weighted by atomic mass is 9.80. The molecule has 228 valence electrons. The molecule has 1 fully saturated rings. The van der Waals surface area contributed by atoms with E-state index in [-0.39, 0.29) is 36.4 Å². The number of ether oxygens (including phenoxy) is 4. The van der Waals surface area contributed by atoms with Crippen molar-refractivity contribution in [2.75, 3.05) is 26.5 Å². The standard InChI is InChI=1S/C32H33F3N2O6/c1-32(2,3)43-31(39)37-12-11-22(20(16-37)17-40-21-8-10-28-29(14-21)42-18-41-28)19-7-9-27(35)23(13-19)30(38)36-15-24-25(33)5-4-6-26(24)34/h4-10,13-14,20,22H,11-12,15-18H2,1-3H3,(H,36,38)/t20-,22+/m1/s1. The van der Waals surface area contributed by atoms with Gasteiger partial charge in [-0.15, -0.1) is 0 Å². The number of halogens is 3. The van der Waals surface area contributed by atoms with Gasteiger partial charge in [-0.2, -0.15) is 0 Å². The maximum absolute atomic E-state index is 14.8. The number of rotatable bonds is 7. The summed E-state index contributed by atoms with van der Waals surface area (Å²) in [6.07, 6.45) is 0.0558. The topological polar surface area (TPSA) is 86.3 Å². The first kappa shape index (κ1) is 30.1.